The second-order valence-electron chi connectivity index (χ2n) is 7.36. The predicted molar refractivity (Wildman–Crippen MR) is 116 cm³/mol. The van der Waals surface area contributed by atoms with E-state index in [1.807, 2.05) is 30.3 Å². The van der Waals surface area contributed by atoms with E-state index in [-0.39, 0.29) is 12.1 Å². The molecule has 0 spiro atoms. The first-order valence-corrected chi connectivity index (χ1v) is 10.2. The monoisotopic (exact) mass is 397 g/mol. The van der Waals surface area contributed by atoms with E-state index in [1.54, 1.807) is 14.2 Å². The van der Waals surface area contributed by atoms with Crippen molar-refractivity contribution in [2.45, 2.75) is 38.8 Å². The first-order chi connectivity index (χ1) is 14.1. The van der Waals surface area contributed by atoms with Gasteiger partial charge in [0, 0.05) is 31.4 Å². The lowest BCUT2D eigenvalue weighted by Crippen LogP contribution is -2.45. The van der Waals surface area contributed by atoms with Crippen LogP contribution in [0.5, 0.6) is 11.5 Å². The number of carbonyl (C=O) groups is 1. The van der Waals surface area contributed by atoms with Crippen LogP contribution >= 0.6 is 0 Å². The molecule has 2 aromatic carbocycles. The summed E-state index contributed by atoms with van der Waals surface area (Å²) in [5.41, 5.74) is 3.20. The third-order valence-electron chi connectivity index (χ3n) is 5.36. The van der Waals surface area contributed by atoms with Gasteiger partial charge >= 0.3 is 6.03 Å². The Bertz CT molecular complexity index is 777. The van der Waals surface area contributed by atoms with Gasteiger partial charge in [-0.2, -0.15) is 0 Å². The molecule has 3 rings (SSSR count). The summed E-state index contributed by atoms with van der Waals surface area (Å²) in [6.07, 6.45) is 2.78. The average molecular weight is 398 g/mol. The number of ether oxygens (including phenoxy) is 2. The zero-order chi connectivity index (χ0) is 20.6. The average Bonchev–Trinajstić information content (AvgIpc) is 2.75. The van der Waals surface area contributed by atoms with Gasteiger partial charge in [-0.05, 0) is 48.6 Å². The summed E-state index contributed by atoms with van der Waals surface area (Å²) in [7, 11) is 3.36. The molecule has 1 aliphatic rings. The number of amides is 2. The number of aryl methyl sites for hydroxylation is 1. The minimum atomic E-state index is -0.137. The minimum absolute atomic E-state index is 0.137. The molecule has 1 aliphatic heterocycles. The Morgan fingerprint density at radius 3 is 2.45 bits per heavy atom. The highest BCUT2D eigenvalue weighted by Crippen LogP contribution is 2.33. The van der Waals surface area contributed by atoms with Crippen molar-refractivity contribution in [3.63, 3.8) is 0 Å². The lowest BCUT2D eigenvalue weighted by molar-refractivity contribution is 0.189. The maximum absolute atomic E-state index is 12.2. The van der Waals surface area contributed by atoms with E-state index in [1.165, 1.54) is 5.56 Å². The van der Waals surface area contributed by atoms with Gasteiger partial charge < -0.3 is 20.1 Å². The van der Waals surface area contributed by atoms with Crippen LogP contribution in [-0.2, 0) is 13.0 Å². The quantitative estimate of drug-likeness (QED) is 0.740. The Hall–Kier alpha value is -2.73. The van der Waals surface area contributed by atoms with Crippen LogP contribution in [0.4, 0.5) is 10.5 Å². The van der Waals surface area contributed by atoms with Crippen LogP contribution in [0.25, 0.3) is 0 Å². The molecule has 6 heteroatoms. The van der Waals surface area contributed by atoms with E-state index in [0.29, 0.717) is 0 Å². The molecule has 0 unspecified atom stereocenters. The summed E-state index contributed by atoms with van der Waals surface area (Å²) in [5.74, 6) is 1.61. The Balaban J connectivity index is 1.51. The normalized spacial score (nSPS) is 15.0. The van der Waals surface area contributed by atoms with Crippen molar-refractivity contribution in [3.8, 4) is 11.5 Å². The largest absolute Gasteiger partial charge is 0.493 e. The highest BCUT2D eigenvalue weighted by Gasteiger charge is 2.21. The number of urea groups is 1. The van der Waals surface area contributed by atoms with Gasteiger partial charge in [-0.25, -0.2) is 4.79 Å². The predicted octanol–water partition coefficient (Wildman–Crippen LogP) is 4.05. The summed E-state index contributed by atoms with van der Waals surface area (Å²) < 4.78 is 11.0. The molecule has 0 aliphatic carbocycles. The number of methoxy groups -OCH3 is 2. The van der Waals surface area contributed by atoms with Gasteiger partial charge in [-0.3, -0.25) is 4.90 Å². The number of nitrogens with zero attached hydrogens (tertiary/aromatic N) is 1. The molecule has 0 bridgehead atoms. The van der Waals surface area contributed by atoms with Crippen molar-refractivity contribution >= 4 is 11.7 Å². The summed E-state index contributed by atoms with van der Waals surface area (Å²) in [4.78, 5) is 14.6. The minimum Gasteiger partial charge on any atom is -0.493 e. The number of benzene rings is 2. The van der Waals surface area contributed by atoms with E-state index < -0.39 is 0 Å². The molecular weight excluding hydrogens is 366 g/mol. The topological polar surface area (TPSA) is 62.8 Å². The molecule has 1 saturated heterocycles. The van der Waals surface area contributed by atoms with Crippen molar-refractivity contribution in [3.05, 3.63) is 53.6 Å². The Kier molecular flexibility index (Phi) is 7.36. The fraction of sp³-hybridized carbons (Fsp3) is 0.435. The van der Waals surface area contributed by atoms with Crippen LogP contribution in [0.1, 0.15) is 30.9 Å². The number of hydrogen-bond acceptors (Lipinski definition) is 4. The van der Waals surface area contributed by atoms with Crippen molar-refractivity contribution in [1.82, 2.24) is 10.2 Å². The summed E-state index contributed by atoms with van der Waals surface area (Å²) >= 11 is 0. The number of carbonyl (C=O) groups excluding carboxylic acids is 1. The second kappa shape index (κ2) is 10.2. The molecule has 2 N–H and O–H groups in total. The third kappa shape index (κ3) is 5.64. The lowest BCUT2D eigenvalue weighted by atomic mass is 10.0. The third-order valence-corrected chi connectivity index (χ3v) is 5.36. The standard InChI is InChI=1S/C23H31N3O3/c1-4-18-14-17(15-21(28-2)22(18)29-3)16-26-12-10-20(11-13-26)25-23(27)24-19-8-6-5-7-9-19/h5-9,14-15,20H,4,10-13,16H2,1-3H3,(H2,24,25,27). The van der Waals surface area contributed by atoms with Crippen LogP contribution in [-0.4, -0.2) is 44.3 Å². The fourth-order valence-electron chi connectivity index (χ4n) is 3.83. The lowest BCUT2D eigenvalue weighted by Gasteiger charge is -2.32. The molecule has 2 amide bonds. The molecule has 1 heterocycles. The van der Waals surface area contributed by atoms with Crippen LogP contribution in [0.15, 0.2) is 42.5 Å². The van der Waals surface area contributed by atoms with Gasteiger partial charge in [0.1, 0.15) is 0 Å². The maximum atomic E-state index is 12.2. The van der Waals surface area contributed by atoms with Gasteiger partial charge in [0.15, 0.2) is 11.5 Å². The Labute approximate surface area is 173 Å². The van der Waals surface area contributed by atoms with Crippen molar-refractivity contribution in [1.29, 1.82) is 0 Å². The second-order valence-corrected chi connectivity index (χ2v) is 7.36. The van der Waals surface area contributed by atoms with E-state index >= 15 is 0 Å². The summed E-state index contributed by atoms with van der Waals surface area (Å²) in [6.45, 7) is 4.90. The number of nitrogens with one attached hydrogen (secondary N) is 2. The van der Waals surface area contributed by atoms with Crippen molar-refractivity contribution in [2.24, 2.45) is 0 Å². The summed E-state index contributed by atoms with van der Waals surface area (Å²) in [6, 6.07) is 13.9. The molecule has 156 valence electrons. The van der Waals surface area contributed by atoms with Crippen molar-refractivity contribution in [2.75, 3.05) is 32.6 Å². The maximum Gasteiger partial charge on any atom is 0.319 e. The molecule has 0 atom stereocenters. The van der Waals surface area contributed by atoms with Crippen molar-refractivity contribution < 1.29 is 14.3 Å². The molecule has 0 radical (unpaired) electrons. The smallest absolute Gasteiger partial charge is 0.319 e. The van der Waals surface area contributed by atoms with Gasteiger partial charge in [0.2, 0.25) is 0 Å². The zero-order valence-electron chi connectivity index (χ0n) is 17.5. The number of rotatable bonds is 7. The highest BCUT2D eigenvalue weighted by molar-refractivity contribution is 5.89. The molecule has 6 nitrogen and oxygen atoms in total. The number of piperidine rings is 1. The molecule has 0 aromatic heterocycles. The first-order valence-electron chi connectivity index (χ1n) is 10.2. The SMILES string of the molecule is CCc1cc(CN2CCC(NC(=O)Nc3ccccc3)CC2)cc(OC)c1OC. The van der Waals surface area contributed by atoms with Gasteiger partial charge in [-0.15, -0.1) is 0 Å². The number of hydrogen-bond donors (Lipinski definition) is 2. The Morgan fingerprint density at radius 2 is 1.83 bits per heavy atom. The molecule has 1 fully saturated rings. The molecule has 0 saturated carbocycles. The molecule has 29 heavy (non-hydrogen) atoms. The van der Waals surface area contributed by atoms with Gasteiger partial charge in [-0.1, -0.05) is 31.2 Å². The number of likely N-dealkylation sites (tertiary alicyclic amines) is 1. The molecule has 2 aromatic rings. The number of anilines is 1. The van der Waals surface area contributed by atoms with E-state index in [2.05, 4.69) is 34.6 Å². The van der Waals surface area contributed by atoms with Crippen LogP contribution in [0.3, 0.4) is 0 Å². The van der Waals surface area contributed by atoms with E-state index in [0.717, 1.165) is 61.6 Å². The number of para-hydroxylation sites is 1. The summed E-state index contributed by atoms with van der Waals surface area (Å²) in [5, 5.41) is 5.98. The first kappa shape index (κ1) is 21.0. The Morgan fingerprint density at radius 1 is 1.10 bits per heavy atom. The van der Waals surface area contributed by atoms with Crippen LogP contribution < -0.4 is 20.1 Å². The van der Waals surface area contributed by atoms with Crippen LogP contribution in [0.2, 0.25) is 0 Å². The van der Waals surface area contributed by atoms with Gasteiger partial charge in [0.05, 0.1) is 14.2 Å². The van der Waals surface area contributed by atoms with Gasteiger partial charge in [0.25, 0.3) is 0 Å². The van der Waals surface area contributed by atoms with E-state index in [4.69, 9.17) is 9.47 Å². The van der Waals surface area contributed by atoms with E-state index in [9.17, 15) is 4.79 Å². The van der Waals surface area contributed by atoms with Crippen LogP contribution in [0, 0.1) is 0 Å². The molecular formula is C23H31N3O3. The highest BCUT2D eigenvalue weighted by atomic mass is 16.5. The fourth-order valence-corrected chi connectivity index (χ4v) is 3.83. The zero-order valence-corrected chi connectivity index (χ0v) is 17.5.